The number of nitrogens with one attached hydrogen (secondary N) is 2. The van der Waals surface area contributed by atoms with E-state index in [-0.39, 0.29) is 4.90 Å². The molecule has 0 radical (unpaired) electrons. The van der Waals surface area contributed by atoms with Crippen LogP contribution < -0.4 is 14.8 Å². The molecule has 128 valence electrons. The van der Waals surface area contributed by atoms with Gasteiger partial charge in [-0.25, -0.2) is 13.4 Å². The van der Waals surface area contributed by atoms with Gasteiger partial charge in [-0.3, -0.25) is 4.79 Å². The second kappa shape index (κ2) is 7.41. The molecule has 2 N–H and O–H groups in total. The summed E-state index contributed by atoms with van der Waals surface area (Å²) in [4.78, 5) is 16.2. The number of aromatic nitrogens is 1. The number of sulfonamides is 1. The monoisotopic (exact) mass is 349 g/mol. The maximum Gasteiger partial charge on any atom is 0.243 e. The lowest BCUT2D eigenvalue weighted by atomic mass is 10.3. The maximum atomic E-state index is 12.3. The van der Waals surface area contributed by atoms with Gasteiger partial charge in [0.2, 0.25) is 15.9 Å². The first kappa shape index (κ1) is 17.9. The Hall–Kier alpha value is -2.45. The first-order chi connectivity index (χ1) is 11.3. The van der Waals surface area contributed by atoms with Crippen molar-refractivity contribution in [1.29, 1.82) is 0 Å². The minimum atomic E-state index is -3.82. The molecular weight excluding hydrogens is 330 g/mol. The van der Waals surface area contributed by atoms with Crippen LogP contribution in [0, 0.1) is 6.92 Å². The van der Waals surface area contributed by atoms with Gasteiger partial charge in [-0.15, -0.1) is 0 Å². The van der Waals surface area contributed by atoms with Crippen molar-refractivity contribution in [3.8, 4) is 5.75 Å². The molecule has 0 saturated heterocycles. The molecule has 0 saturated carbocycles. The highest BCUT2D eigenvalue weighted by Gasteiger charge is 2.22. The van der Waals surface area contributed by atoms with E-state index >= 15 is 0 Å². The predicted octanol–water partition coefficient (Wildman–Crippen LogP) is 1.70. The highest BCUT2D eigenvalue weighted by molar-refractivity contribution is 7.89. The Labute approximate surface area is 141 Å². The van der Waals surface area contributed by atoms with Crippen molar-refractivity contribution < 1.29 is 17.9 Å². The molecule has 0 aliphatic heterocycles. The number of carbonyl (C=O) groups excluding carboxylic acids is 1. The predicted molar refractivity (Wildman–Crippen MR) is 90.4 cm³/mol. The molecule has 1 amide bonds. The fourth-order valence-corrected chi connectivity index (χ4v) is 3.09. The number of ether oxygens (including phenoxy) is 1. The summed E-state index contributed by atoms with van der Waals surface area (Å²) < 4.78 is 31.9. The number of rotatable bonds is 6. The standard InChI is InChI=1S/C16H19N3O4S/c1-11-4-9-15(17-10-11)18-16(20)12(2)19-24(21,22)14-7-5-13(23-3)6-8-14/h4-10,12,19H,1-3H3,(H,17,18,20)/t12-/m1/s1. The van der Waals surface area contributed by atoms with Gasteiger partial charge in [-0.2, -0.15) is 4.72 Å². The Morgan fingerprint density at radius 1 is 1.17 bits per heavy atom. The SMILES string of the molecule is COc1ccc(S(=O)(=O)N[C@H](C)C(=O)Nc2ccc(C)cn2)cc1. The minimum absolute atomic E-state index is 0.0522. The van der Waals surface area contributed by atoms with Crippen molar-refractivity contribution in [1.82, 2.24) is 9.71 Å². The van der Waals surface area contributed by atoms with Gasteiger partial charge in [-0.1, -0.05) is 6.07 Å². The van der Waals surface area contributed by atoms with Crippen molar-refractivity contribution in [2.75, 3.05) is 12.4 Å². The zero-order valence-corrected chi connectivity index (χ0v) is 14.4. The number of carbonyl (C=O) groups is 1. The zero-order valence-electron chi connectivity index (χ0n) is 13.6. The minimum Gasteiger partial charge on any atom is -0.497 e. The van der Waals surface area contributed by atoms with Crippen molar-refractivity contribution >= 4 is 21.7 Å². The normalized spacial score (nSPS) is 12.5. The quantitative estimate of drug-likeness (QED) is 0.827. The van der Waals surface area contributed by atoms with Crippen LogP contribution in [0.1, 0.15) is 12.5 Å². The zero-order chi connectivity index (χ0) is 17.7. The number of amides is 1. The summed E-state index contributed by atoms with van der Waals surface area (Å²) in [5.41, 5.74) is 0.959. The van der Waals surface area contributed by atoms with Gasteiger partial charge in [0, 0.05) is 6.20 Å². The van der Waals surface area contributed by atoms with Gasteiger partial charge >= 0.3 is 0 Å². The Bertz CT molecular complexity index is 802. The van der Waals surface area contributed by atoms with Crippen LogP contribution in [0.2, 0.25) is 0 Å². The van der Waals surface area contributed by atoms with Crippen LogP contribution in [0.3, 0.4) is 0 Å². The highest BCUT2D eigenvalue weighted by atomic mass is 32.2. The fraction of sp³-hybridized carbons (Fsp3) is 0.250. The number of methoxy groups -OCH3 is 1. The molecule has 24 heavy (non-hydrogen) atoms. The second-order valence-electron chi connectivity index (χ2n) is 5.23. The highest BCUT2D eigenvalue weighted by Crippen LogP contribution is 2.15. The number of anilines is 1. The van der Waals surface area contributed by atoms with E-state index in [0.717, 1.165) is 5.56 Å². The average Bonchev–Trinajstić information content (AvgIpc) is 2.56. The summed E-state index contributed by atoms with van der Waals surface area (Å²) in [6.45, 7) is 3.34. The topological polar surface area (TPSA) is 97.4 Å². The fourth-order valence-electron chi connectivity index (χ4n) is 1.89. The smallest absolute Gasteiger partial charge is 0.243 e. The summed E-state index contributed by atoms with van der Waals surface area (Å²) in [7, 11) is -2.32. The number of pyridine rings is 1. The van der Waals surface area contributed by atoms with E-state index < -0.39 is 22.0 Å². The van der Waals surface area contributed by atoms with E-state index in [2.05, 4.69) is 15.0 Å². The third kappa shape index (κ3) is 4.53. The first-order valence-corrected chi connectivity index (χ1v) is 8.70. The van der Waals surface area contributed by atoms with E-state index in [0.29, 0.717) is 11.6 Å². The van der Waals surface area contributed by atoms with Gasteiger partial charge < -0.3 is 10.1 Å². The maximum absolute atomic E-state index is 12.3. The summed E-state index contributed by atoms with van der Waals surface area (Å²) in [6.07, 6.45) is 1.61. The van der Waals surface area contributed by atoms with E-state index in [9.17, 15) is 13.2 Å². The van der Waals surface area contributed by atoms with Crippen molar-refractivity contribution in [3.63, 3.8) is 0 Å². The van der Waals surface area contributed by atoms with E-state index in [1.807, 2.05) is 6.92 Å². The largest absolute Gasteiger partial charge is 0.497 e. The lowest BCUT2D eigenvalue weighted by Gasteiger charge is -2.14. The molecule has 0 spiro atoms. The van der Waals surface area contributed by atoms with E-state index in [1.54, 1.807) is 18.3 Å². The van der Waals surface area contributed by atoms with Gasteiger partial charge in [-0.05, 0) is 49.7 Å². The molecule has 1 aromatic heterocycles. The van der Waals surface area contributed by atoms with Crippen LogP contribution in [-0.4, -0.2) is 32.5 Å². The molecule has 2 aromatic rings. The Kier molecular flexibility index (Phi) is 5.53. The molecule has 1 heterocycles. The molecule has 2 rings (SSSR count). The Morgan fingerprint density at radius 3 is 2.38 bits per heavy atom. The summed E-state index contributed by atoms with van der Waals surface area (Å²) in [5, 5.41) is 2.56. The molecule has 0 unspecified atom stereocenters. The molecule has 7 nitrogen and oxygen atoms in total. The van der Waals surface area contributed by atoms with Crippen molar-refractivity contribution in [2.24, 2.45) is 0 Å². The molecule has 8 heteroatoms. The molecule has 1 atom stereocenters. The summed E-state index contributed by atoms with van der Waals surface area (Å²) >= 11 is 0. The van der Waals surface area contributed by atoms with Crippen molar-refractivity contribution in [3.05, 3.63) is 48.2 Å². The first-order valence-electron chi connectivity index (χ1n) is 7.22. The van der Waals surface area contributed by atoms with Gasteiger partial charge in [0.1, 0.15) is 11.6 Å². The lowest BCUT2D eigenvalue weighted by molar-refractivity contribution is -0.117. The van der Waals surface area contributed by atoms with Gasteiger partial charge in [0.15, 0.2) is 0 Å². The number of nitrogens with zero attached hydrogens (tertiary/aromatic N) is 1. The lowest BCUT2D eigenvalue weighted by Crippen LogP contribution is -2.41. The molecule has 0 aliphatic rings. The van der Waals surface area contributed by atoms with Crippen LogP contribution in [0.5, 0.6) is 5.75 Å². The molecule has 1 aromatic carbocycles. The van der Waals surface area contributed by atoms with Gasteiger partial charge in [0.05, 0.1) is 18.0 Å². The van der Waals surface area contributed by atoms with Crippen LogP contribution in [0.15, 0.2) is 47.5 Å². The molecule has 0 aliphatic carbocycles. The van der Waals surface area contributed by atoms with Gasteiger partial charge in [0.25, 0.3) is 0 Å². The Morgan fingerprint density at radius 2 is 1.83 bits per heavy atom. The summed E-state index contributed by atoms with van der Waals surface area (Å²) in [5.74, 6) is 0.412. The average molecular weight is 349 g/mol. The van der Waals surface area contributed by atoms with Crippen LogP contribution in [0.25, 0.3) is 0 Å². The number of benzene rings is 1. The second-order valence-corrected chi connectivity index (χ2v) is 6.94. The number of hydrogen-bond donors (Lipinski definition) is 2. The Balaban J connectivity index is 2.04. The summed E-state index contributed by atoms with van der Waals surface area (Å²) in [6, 6.07) is 8.39. The van der Waals surface area contributed by atoms with Crippen LogP contribution >= 0.6 is 0 Å². The number of hydrogen-bond acceptors (Lipinski definition) is 5. The molecule has 0 bridgehead atoms. The third-order valence-electron chi connectivity index (χ3n) is 3.26. The van der Waals surface area contributed by atoms with Crippen LogP contribution in [-0.2, 0) is 14.8 Å². The molecule has 0 fully saturated rings. The van der Waals surface area contributed by atoms with E-state index in [4.69, 9.17) is 4.74 Å². The third-order valence-corrected chi connectivity index (χ3v) is 4.81. The van der Waals surface area contributed by atoms with Crippen LogP contribution in [0.4, 0.5) is 5.82 Å². The number of aryl methyl sites for hydroxylation is 1. The van der Waals surface area contributed by atoms with E-state index in [1.165, 1.54) is 38.3 Å². The molecular formula is C16H19N3O4S. The van der Waals surface area contributed by atoms with Crippen molar-refractivity contribution in [2.45, 2.75) is 24.8 Å².